The average Bonchev–Trinajstić information content (AvgIpc) is 2.57. The molecular weight excluding hydrogens is 334 g/mol. The SMILES string of the molecule is CC[C@@H](Oc1ccc(Cl)c(C)c1)C(=O)N[C@H](C)c1cc(C)ccc1C. The van der Waals surface area contributed by atoms with E-state index >= 15 is 0 Å². The first kappa shape index (κ1) is 19.3. The zero-order chi connectivity index (χ0) is 18.6. The number of carbonyl (C=O) groups excluding carboxylic acids is 1. The molecule has 0 aliphatic carbocycles. The summed E-state index contributed by atoms with van der Waals surface area (Å²) < 4.78 is 5.88. The normalized spacial score (nSPS) is 13.2. The van der Waals surface area contributed by atoms with Crippen LogP contribution in [0.5, 0.6) is 5.75 Å². The van der Waals surface area contributed by atoms with Gasteiger partial charge in [-0.15, -0.1) is 0 Å². The smallest absolute Gasteiger partial charge is 0.261 e. The number of rotatable bonds is 6. The number of aryl methyl sites for hydroxylation is 3. The van der Waals surface area contributed by atoms with Gasteiger partial charge in [0.2, 0.25) is 0 Å². The summed E-state index contributed by atoms with van der Waals surface area (Å²) in [6, 6.07) is 11.6. The Labute approximate surface area is 155 Å². The second-order valence-corrected chi connectivity index (χ2v) is 6.92. The Morgan fingerprint density at radius 1 is 1.12 bits per heavy atom. The van der Waals surface area contributed by atoms with Gasteiger partial charge in [-0.1, -0.05) is 42.3 Å². The molecule has 2 atom stereocenters. The third-order valence-electron chi connectivity index (χ3n) is 4.33. The number of ether oxygens (including phenoxy) is 1. The molecule has 0 aromatic heterocycles. The lowest BCUT2D eigenvalue weighted by atomic mass is 10.00. The highest BCUT2D eigenvalue weighted by molar-refractivity contribution is 6.31. The first-order valence-corrected chi connectivity index (χ1v) is 9.00. The summed E-state index contributed by atoms with van der Waals surface area (Å²) >= 11 is 6.04. The second-order valence-electron chi connectivity index (χ2n) is 6.52. The molecule has 2 aromatic carbocycles. The van der Waals surface area contributed by atoms with Crippen molar-refractivity contribution in [2.75, 3.05) is 0 Å². The Morgan fingerprint density at radius 2 is 1.84 bits per heavy atom. The van der Waals surface area contributed by atoms with Gasteiger partial charge in [-0.25, -0.2) is 0 Å². The van der Waals surface area contributed by atoms with Crippen LogP contribution in [0.1, 0.15) is 48.6 Å². The van der Waals surface area contributed by atoms with Gasteiger partial charge >= 0.3 is 0 Å². The molecule has 134 valence electrons. The molecule has 4 heteroatoms. The number of carbonyl (C=O) groups is 1. The number of amides is 1. The maximum absolute atomic E-state index is 12.6. The van der Waals surface area contributed by atoms with Gasteiger partial charge in [0.1, 0.15) is 5.75 Å². The van der Waals surface area contributed by atoms with Crippen molar-refractivity contribution in [3.8, 4) is 5.75 Å². The molecule has 0 radical (unpaired) electrons. The van der Waals surface area contributed by atoms with E-state index in [0.29, 0.717) is 17.2 Å². The van der Waals surface area contributed by atoms with Crippen molar-refractivity contribution in [2.24, 2.45) is 0 Å². The number of hydrogen-bond donors (Lipinski definition) is 1. The van der Waals surface area contributed by atoms with Crippen LogP contribution in [0.25, 0.3) is 0 Å². The average molecular weight is 360 g/mol. The predicted molar refractivity (Wildman–Crippen MR) is 103 cm³/mol. The fourth-order valence-electron chi connectivity index (χ4n) is 2.79. The highest BCUT2D eigenvalue weighted by atomic mass is 35.5. The highest BCUT2D eigenvalue weighted by Crippen LogP contribution is 2.23. The molecule has 0 spiro atoms. The Hall–Kier alpha value is -2.00. The molecule has 0 saturated heterocycles. The second kappa shape index (κ2) is 8.39. The first-order valence-electron chi connectivity index (χ1n) is 8.62. The number of hydrogen-bond acceptors (Lipinski definition) is 2. The predicted octanol–water partition coefficient (Wildman–Crippen LogP) is 5.30. The molecule has 0 bridgehead atoms. The van der Waals surface area contributed by atoms with E-state index in [4.69, 9.17) is 16.3 Å². The van der Waals surface area contributed by atoms with Crippen LogP contribution in [0.2, 0.25) is 5.02 Å². The summed E-state index contributed by atoms with van der Waals surface area (Å²) in [4.78, 5) is 12.6. The van der Waals surface area contributed by atoms with Gasteiger partial charge in [-0.2, -0.15) is 0 Å². The summed E-state index contributed by atoms with van der Waals surface area (Å²) in [6.45, 7) is 9.97. The van der Waals surface area contributed by atoms with E-state index in [0.717, 1.165) is 11.1 Å². The van der Waals surface area contributed by atoms with Gasteiger partial charge in [0.25, 0.3) is 5.91 Å². The monoisotopic (exact) mass is 359 g/mol. The highest BCUT2D eigenvalue weighted by Gasteiger charge is 2.21. The van der Waals surface area contributed by atoms with E-state index in [-0.39, 0.29) is 11.9 Å². The van der Waals surface area contributed by atoms with E-state index in [9.17, 15) is 4.79 Å². The maximum atomic E-state index is 12.6. The van der Waals surface area contributed by atoms with E-state index in [1.165, 1.54) is 11.1 Å². The Kier molecular flexibility index (Phi) is 6.49. The maximum Gasteiger partial charge on any atom is 0.261 e. The first-order chi connectivity index (χ1) is 11.8. The quantitative estimate of drug-likeness (QED) is 0.760. The van der Waals surface area contributed by atoms with Crippen LogP contribution in [0.4, 0.5) is 0 Å². The molecule has 3 nitrogen and oxygen atoms in total. The van der Waals surface area contributed by atoms with Crippen molar-refractivity contribution in [3.63, 3.8) is 0 Å². The van der Waals surface area contributed by atoms with Crippen LogP contribution in [-0.4, -0.2) is 12.0 Å². The van der Waals surface area contributed by atoms with Crippen LogP contribution >= 0.6 is 11.6 Å². The van der Waals surface area contributed by atoms with Crippen molar-refractivity contribution in [1.29, 1.82) is 0 Å². The fraction of sp³-hybridized carbons (Fsp3) is 0.381. The van der Waals surface area contributed by atoms with Gasteiger partial charge in [0.05, 0.1) is 6.04 Å². The van der Waals surface area contributed by atoms with Gasteiger partial charge < -0.3 is 10.1 Å². The standard InChI is InChI=1S/C21H26ClNO2/c1-6-20(25-17-9-10-19(22)15(4)12-17)21(24)23-16(5)18-11-13(2)7-8-14(18)3/h7-12,16,20H,6H2,1-5H3,(H,23,24)/t16-,20-/m1/s1. The van der Waals surface area contributed by atoms with Crippen LogP contribution < -0.4 is 10.1 Å². The Morgan fingerprint density at radius 3 is 2.48 bits per heavy atom. The third kappa shape index (κ3) is 4.99. The van der Waals surface area contributed by atoms with Crippen molar-refractivity contribution in [1.82, 2.24) is 5.32 Å². The molecule has 25 heavy (non-hydrogen) atoms. The third-order valence-corrected chi connectivity index (χ3v) is 4.76. The van der Waals surface area contributed by atoms with E-state index in [2.05, 4.69) is 37.4 Å². The topological polar surface area (TPSA) is 38.3 Å². The molecule has 1 N–H and O–H groups in total. The lowest BCUT2D eigenvalue weighted by Gasteiger charge is -2.22. The van der Waals surface area contributed by atoms with Gasteiger partial charge in [-0.05, 0) is 69.0 Å². The Balaban J connectivity index is 2.08. The van der Waals surface area contributed by atoms with Crippen molar-refractivity contribution < 1.29 is 9.53 Å². The lowest BCUT2D eigenvalue weighted by Crippen LogP contribution is -2.39. The zero-order valence-electron chi connectivity index (χ0n) is 15.5. The molecule has 0 fully saturated rings. The molecule has 2 rings (SSSR count). The molecular formula is C21H26ClNO2. The summed E-state index contributed by atoms with van der Waals surface area (Å²) in [7, 11) is 0. The molecule has 0 aliphatic heterocycles. The minimum absolute atomic E-state index is 0.0722. The largest absolute Gasteiger partial charge is 0.481 e. The Bertz CT molecular complexity index is 758. The summed E-state index contributed by atoms with van der Waals surface area (Å²) in [5, 5.41) is 3.76. The van der Waals surface area contributed by atoms with E-state index < -0.39 is 6.10 Å². The molecule has 0 aliphatic rings. The lowest BCUT2D eigenvalue weighted by molar-refractivity contribution is -0.128. The number of benzene rings is 2. The van der Waals surface area contributed by atoms with Crippen LogP contribution in [0, 0.1) is 20.8 Å². The molecule has 2 aromatic rings. The van der Waals surface area contributed by atoms with Crippen LogP contribution in [-0.2, 0) is 4.79 Å². The van der Waals surface area contributed by atoms with Crippen molar-refractivity contribution >= 4 is 17.5 Å². The summed E-state index contributed by atoms with van der Waals surface area (Å²) in [5.74, 6) is 0.548. The van der Waals surface area contributed by atoms with Gasteiger partial charge in [-0.3, -0.25) is 4.79 Å². The van der Waals surface area contributed by atoms with Gasteiger partial charge in [0, 0.05) is 5.02 Å². The molecule has 0 saturated carbocycles. The molecule has 0 heterocycles. The van der Waals surface area contributed by atoms with Crippen LogP contribution in [0.15, 0.2) is 36.4 Å². The van der Waals surface area contributed by atoms with Crippen LogP contribution in [0.3, 0.4) is 0 Å². The van der Waals surface area contributed by atoms with Crippen molar-refractivity contribution in [3.05, 3.63) is 63.7 Å². The summed E-state index contributed by atoms with van der Waals surface area (Å²) in [5.41, 5.74) is 4.41. The van der Waals surface area contributed by atoms with Gasteiger partial charge in [0.15, 0.2) is 6.10 Å². The van der Waals surface area contributed by atoms with E-state index in [1.54, 1.807) is 12.1 Å². The minimum atomic E-state index is -0.534. The summed E-state index contributed by atoms with van der Waals surface area (Å²) in [6.07, 6.45) is 0.0562. The van der Waals surface area contributed by atoms with Crippen molar-refractivity contribution in [2.45, 2.75) is 53.2 Å². The minimum Gasteiger partial charge on any atom is -0.481 e. The number of halogens is 1. The fourth-order valence-corrected chi connectivity index (χ4v) is 2.91. The zero-order valence-corrected chi connectivity index (χ0v) is 16.3. The number of nitrogens with one attached hydrogen (secondary N) is 1. The molecule has 1 amide bonds. The van der Waals surface area contributed by atoms with E-state index in [1.807, 2.05) is 26.8 Å². The molecule has 0 unspecified atom stereocenters.